The van der Waals surface area contributed by atoms with Crippen LogP contribution in [0.4, 0.5) is 5.69 Å². The molecule has 5 nitrogen and oxygen atoms in total. The molecule has 1 atom stereocenters. The molecule has 1 aliphatic heterocycles. The molecule has 0 N–H and O–H groups in total. The molecule has 1 saturated heterocycles. The fraction of sp³-hybridized carbons (Fsp3) is 0.276. The molecule has 34 heavy (non-hydrogen) atoms. The minimum atomic E-state index is -0.854. The summed E-state index contributed by atoms with van der Waals surface area (Å²) in [4.78, 5) is 42.8. The largest absolute Gasteiger partial charge is 0.322 e. The number of rotatable bonds is 6. The van der Waals surface area contributed by atoms with Crippen molar-refractivity contribution < 1.29 is 14.4 Å². The zero-order valence-corrected chi connectivity index (χ0v) is 20.1. The van der Waals surface area contributed by atoms with E-state index in [-0.39, 0.29) is 30.7 Å². The van der Waals surface area contributed by atoms with Crippen LogP contribution in [0, 0.1) is 13.8 Å². The number of carbonyl (C=O) groups is 3. The zero-order valence-electron chi connectivity index (χ0n) is 20.1. The van der Waals surface area contributed by atoms with Crippen molar-refractivity contribution in [2.24, 2.45) is 0 Å². The Morgan fingerprint density at radius 1 is 0.882 bits per heavy atom. The van der Waals surface area contributed by atoms with Gasteiger partial charge in [0.15, 0.2) is 0 Å². The molecule has 0 radical (unpaired) electrons. The van der Waals surface area contributed by atoms with E-state index >= 15 is 0 Å². The van der Waals surface area contributed by atoms with Gasteiger partial charge in [0.2, 0.25) is 5.91 Å². The maximum Gasteiger partial charge on any atom is 0.257 e. The van der Waals surface area contributed by atoms with Crippen LogP contribution >= 0.6 is 0 Å². The summed E-state index contributed by atoms with van der Waals surface area (Å²) < 4.78 is 0. The summed E-state index contributed by atoms with van der Waals surface area (Å²) in [5.74, 6) is -0.569. The topological polar surface area (TPSA) is 57.7 Å². The normalized spacial score (nSPS) is 15.8. The average Bonchev–Trinajstić information content (AvgIpc) is 3.12. The molecule has 1 aliphatic rings. The highest BCUT2D eigenvalue weighted by atomic mass is 16.2. The number of amides is 3. The molecule has 0 aliphatic carbocycles. The van der Waals surface area contributed by atoms with E-state index in [0.29, 0.717) is 17.2 Å². The van der Waals surface area contributed by atoms with Crippen LogP contribution in [0.25, 0.3) is 0 Å². The Morgan fingerprint density at radius 2 is 1.44 bits per heavy atom. The van der Waals surface area contributed by atoms with Crippen LogP contribution in [0.3, 0.4) is 0 Å². The summed E-state index contributed by atoms with van der Waals surface area (Å²) in [5, 5.41) is 0. The van der Waals surface area contributed by atoms with Gasteiger partial charge in [0.05, 0.1) is 12.1 Å². The average molecular weight is 455 g/mol. The lowest BCUT2D eigenvalue weighted by atomic mass is 10.0. The van der Waals surface area contributed by atoms with Gasteiger partial charge >= 0.3 is 0 Å². The molecule has 5 heteroatoms. The van der Waals surface area contributed by atoms with E-state index < -0.39 is 6.04 Å². The third-order valence-electron chi connectivity index (χ3n) is 6.35. The van der Waals surface area contributed by atoms with Gasteiger partial charge in [0.1, 0.15) is 6.04 Å². The van der Waals surface area contributed by atoms with Gasteiger partial charge in [-0.25, -0.2) is 4.90 Å². The summed E-state index contributed by atoms with van der Waals surface area (Å²) in [7, 11) is 0. The molecule has 0 spiro atoms. The molecule has 1 unspecified atom stereocenters. The molecule has 0 bridgehead atoms. The highest BCUT2D eigenvalue weighted by Gasteiger charge is 2.44. The van der Waals surface area contributed by atoms with Crippen LogP contribution in [0.15, 0.2) is 72.8 Å². The van der Waals surface area contributed by atoms with Gasteiger partial charge in [0, 0.05) is 12.1 Å². The van der Waals surface area contributed by atoms with E-state index in [0.717, 1.165) is 22.3 Å². The Labute approximate surface area is 201 Å². The molecular formula is C29H30N2O3. The molecular weight excluding hydrogens is 424 g/mol. The Balaban J connectivity index is 1.66. The van der Waals surface area contributed by atoms with Gasteiger partial charge in [-0.2, -0.15) is 0 Å². The number of hydrogen-bond acceptors (Lipinski definition) is 3. The fourth-order valence-electron chi connectivity index (χ4n) is 4.21. The fourth-order valence-corrected chi connectivity index (χ4v) is 4.21. The quantitative estimate of drug-likeness (QED) is 0.469. The van der Waals surface area contributed by atoms with Crippen molar-refractivity contribution in [2.75, 3.05) is 4.90 Å². The second-order valence-corrected chi connectivity index (χ2v) is 9.32. The summed E-state index contributed by atoms with van der Waals surface area (Å²) in [6.45, 7) is 8.39. The number of anilines is 1. The lowest BCUT2D eigenvalue weighted by Crippen LogP contribution is -2.45. The van der Waals surface area contributed by atoms with E-state index in [4.69, 9.17) is 0 Å². The van der Waals surface area contributed by atoms with Crippen LogP contribution in [-0.2, 0) is 16.1 Å². The first kappa shape index (κ1) is 23.4. The molecule has 0 saturated carbocycles. The number of carbonyl (C=O) groups excluding carboxylic acids is 3. The second kappa shape index (κ2) is 9.64. The van der Waals surface area contributed by atoms with E-state index in [1.54, 1.807) is 24.3 Å². The number of imide groups is 1. The van der Waals surface area contributed by atoms with Crippen LogP contribution in [0.2, 0.25) is 0 Å². The highest BCUT2D eigenvalue weighted by Crippen LogP contribution is 2.29. The second-order valence-electron chi connectivity index (χ2n) is 9.32. The SMILES string of the molecule is Cc1ccc(CN(C(=O)c2ccc(C)cc2)C2CC(=O)N(c3ccc(C(C)C)cc3)C2=O)cc1. The standard InChI is InChI=1S/C29H30N2O3/c1-19(2)23-13-15-25(16-14-23)31-27(32)17-26(29(31)34)30(18-22-9-5-20(3)6-10-22)28(33)24-11-7-21(4)8-12-24/h5-16,19,26H,17-18H2,1-4H3. The predicted molar refractivity (Wildman–Crippen MR) is 134 cm³/mol. The van der Waals surface area contributed by atoms with E-state index in [1.807, 2.05) is 62.4 Å². The van der Waals surface area contributed by atoms with Gasteiger partial charge in [-0.15, -0.1) is 0 Å². The maximum absolute atomic E-state index is 13.6. The minimum Gasteiger partial charge on any atom is -0.322 e. The van der Waals surface area contributed by atoms with Crippen molar-refractivity contribution in [1.82, 2.24) is 4.90 Å². The molecule has 3 aromatic carbocycles. The predicted octanol–water partition coefficient (Wildman–Crippen LogP) is 5.40. The lowest BCUT2D eigenvalue weighted by molar-refractivity contribution is -0.122. The number of nitrogens with zero attached hydrogens (tertiary/aromatic N) is 2. The third-order valence-corrected chi connectivity index (χ3v) is 6.35. The molecule has 1 fully saturated rings. The first-order valence-corrected chi connectivity index (χ1v) is 11.6. The van der Waals surface area contributed by atoms with Crippen molar-refractivity contribution in [3.05, 3.63) is 101 Å². The van der Waals surface area contributed by atoms with Crippen molar-refractivity contribution >= 4 is 23.4 Å². The lowest BCUT2D eigenvalue weighted by Gasteiger charge is -2.28. The minimum absolute atomic E-state index is 0.0335. The first-order valence-electron chi connectivity index (χ1n) is 11.6. The third kappa shape index (κ3) is 4.79. The molecule has 1 heterocycles. The number of aryl methyl sites for hydroxylation is 2. The van der Waals surface area contributed by atoms with E-state index in [9.17, 15) is 14.4 Å². The van der Waals surface area contributed by atoms with Crippen molar-refractivity contribution in [2.45, 2.75) is 52.6 Å². The van der Waals surface area contributed by atoms with Crippen LogP contribution < -0.4 is 4.90 Å². The Morgan fingerprint density at radius 3 is 2.00 bits per heavy atom. The Hall–Kier alpha value is -3.73. The highest BCUT2D eigenvalue weighted by molar-refractivity contribution is 6.23. The first-order chi connectivity index (χ1) is 16.2. The zero-order chi connectivity index (χ0) is 24.4. The monoisotopic (exact) mass is 454 g/mol. The number of benzene rings is 3. The number of hydrogen-bond donors (Lipinski definition) is 0. The molecule has 174 valence electrons. The Bertz CT molecular complexity index is 1200. The van der Waals surface area contributed by atoms with E-state index in [2.05, 4.69) is 13.8 Å². The summed E-state index contributed by atoms with van der Waals surface area (Å²) in [6.07, 6.45) is -0.0335. The summed E-state index contributed by atoms with van der Waals surface area (Å²) >= 11 is 0. The molecule has 0 aromatic heterocycles. The van der Waals surface area contributed by atoms with Gasteiger partial charge < -0.3 is 4.90 Å². The van der Waals surface area contributed by atoms with Crippen molar-refractivity contribution in [1.29, 1.82) is 0 Å². The van der Waals surface area contributed by atoms with Gasteiger partial charge in [-0.1, -0.05) is 73.5 Å². The van der Waals surface area contributed by atoms with Gasteiger partial charge in [0.25, 0.3) is 11.8 Å². The summed E-state index contributed by atoms with van der Waals surface area (Å²) in [5.41, 5.74) is 5.24. The van der Waals surface area contributed by atoms with Gasteiger partial charge in [-0.3, -0.25) is 14.4 Å². The maximum atomic E-state index is 13.6. The van der Waals surface area contributed by atoms with E-state index in [1.165, 1.54) is 9.80 Å². The molecule has 3 aromatic rings. The Kier molecular flexibility index (Phi) is 6.64. The van der Waals surface area contributed by atoms with Crippen LogP contribution in [0.1, 0.15) is 58.8 Å². The summed E-state index contributed by atoms with van der Waals surface area (Å²) in [6, 6.07) is 21.8. The molecule has 3 amide bonds. The molecule has 4 rings (SSSR count). The van der Waals surface area contributed by atoms with Crippen LogP contribution in [-0.4, -0.2) is 28.7 Å². The van der Waals surface area contributed by atoms with Crippen molar-refractivity contribution in [3.8, 4) is 0 Å². The van der Waals surface area contributed by atoms with Crippen LogP contribution in [0.5, 0.6) is 0 Å². The van der Waals surface area contributed by atoms with Crippen molar-refractivity contribution in [3.63, 3.8) is 0 Å². The van der Waals surface area contributed by atoms with Gasteiger partial charge in [-0.05, 0) is 55.2 Å². The smallest absolute Gasteiger partial charge is 0.257 e.